The van der Waals surface area contributed by atoms with Crippen LogP contribution in [0.3, 0.4) is 0 Å². The first-order valence-corrected chi connectivity index (χ1v) is 5.63. The van der Waals surface area contributed by atoms with E-state index < -0.39 is 0 Å². The highest BCUT2D eigenvalue weighted by atomic mass is 32.1. The maximum Gasteiger partial charge on any atom is 0.198 e. The molecule has 2 nitrogen and oxygen atoms in total. The molecule has 1 aromatic heterocycles. The SMILES string of the molecule is CCOc1sc2cccc(S)c2c1N. The van der Waals surface area contributed by atoms with E-state index in [1.807, 2.05) is 25.1 Å². The molecule has 4 heteroatoms. The predicted molar refractivity (Wildman–Crippen MR) is 64.7 cm³/mol. The first-order valence-electron chi connectivity index (χ1n) is 4.36. The minimum atomic E-state index is 0.638. The van der Waals surface area contributed by atoms with Crippen molar-refractivity contribution in [2.45, 2.75) is 11.8 Å². The maximum absolute atomic E-state index is 5.96. The molecule has 1 heterocycles. The molecule has 0 aliphatic heterocycles. The molecule has 0 spiro atoms. The van der Waals surface area contributed by atoms with E-state index in [-0.39, 0.29) is 0 Å². The van der Waals surface area contributed by atoms with Gasteiger partial charge in [-0.15, -0.1) is 12.6 Å². The van der Waals surface area contributed by atoms with Crippen molar-refractivity contribution in [1.82, 2.24) is 0 Å². The minimum Gasteiger partial charge on any atom is -0.483 e. The van der Waals surface area contributed by atoms with Gasteiger partial charge in [-0.1, -0.05) is 17.4 Å². The van der Waals surface area contributed by atoms with Crippen LogP contribution in [0.1, 0.15) is 6.92 Å². The number of fused-ring (bicyclic) bond motifs is 1. The standard InChI is InChI=1S/C10H11NOS2/c1-2-12-10-9(11)8-6(13)4-3-5-7(8)14-10/h3-5,13H,2,11H2,1H3. The second kappa shape index (κ2) is 3.71. The second-order valence-corrected chi connectivity index (χ2v) is 4.38. The zero-order chi connectivity index (χ0) is 10.1. The largest absolute Gasteiger partial charge is 0.483 e. The van der Waals surface area contributed by atoms with Crippen molar-refractivity contribution in [1.29, 1.82) is 0 Å². The zero-order valence-corrected chi connectivity index (χ0v) is 9.49. The Morgan fingerprint density at radius 2 is 2.29 bits per heavy atom. The molecule has 0 aliphatic carbocycles. The van der Waals surface area contributed by atoms with Crippen LogP contribution >= 0.6 is 24.0 Å². The van der Waals surface area contributed by atoms with E-state index in [0.29, 0.717) is 12.3 Å². The van der Waals surface area contributed by atoms with E-state index in [9.17, 15) is 0 Å². The summed E-state index contributed by atoms with van der Waals surface area (Å²) >= 11 is 5.94. The van der Waals surface area contributed by atoms with Crippen molar-refractivity contribution >= 4 is 39.7 Å². The van der Waals surface area contributed by atoms with Crippen LogP contribution < -0.4 is 10.5 Å². The van der Waals surface area contributed by atoms with Crippen LogP contribution in [-0.4, -0.2) is 6.61 Å². The molecule has 0 aliphatic rings. The Kier molecular flexibility index (Phi) is 2.56. The summed E-state index contributed by atoms with van der Waals surface area (Å²) in [7, 11) is 0. The van der Waals surface area contributed by atoms with Gasteiger partial charge in [0, 0.05) is 15.0 Å². The normalized spacial score (nSPS) is 10.7. The third-order valence-corrected chi connectivity index (χ3v) is 3.43. The Hall–Kier alpha value is -0.870. The van der Waals surface area contributed by atoms with Crippen molar-refractivity contribution < 1.29 is 4.74 Å². The Balaban J connectivity index is 2.68. The molecule has 0 saturated carbocycles. The van der Waals surface area contributed by atoms with Crippen molar-refractivity contribution in [2.75, 3.05) is 12.3 Å². The van der Waals surface area contributed by atoms with Crippen LogP contribution in [0.15, 0.2) is 23.1 Å². The highest BCUT2D eigenvalue weighted by Gasteiger charge is 2.11. The average molecular weight is 225 g/mol. The summed E-state index contributed by atoms with van der Waals surface area (Å²) in [6.07, 6.45) is 0. The molecule has 2 N–H and O–H groups in total. The van der Waals surface area contributed by atoms with Gasteiger partial charge in [0.25, 0.3) is 0 Å². The third kappa shape index (κ3) is 1.44. The molecule has 14 heavy (non-hydrogen) atoms. The van der Waals surface area contributed by atoms with Crippen molar-refractivity contribution in [3.05, 3.63) is 18.2 Å². The molecule has 2 aromatic rings. The van der Waals surface area contributed by atoms with E-state index in [1.165, 1.54) is 0 Å². The van der Waals surface area contributed by atoms with Crippen molar-refractivity contribution in [3.63, 3.8) is 0 Å². The quantitative estimate of drug-likeness (QED) is 0.770. The topological polar surface area (TPSA) is 35.2 Å². The van der Waals surface area contributed by atoms with Crippen LogP contribution in [0.4, 0.5) is 5.69 Å². The predicted octanol–water partition coefficient (Wildman–Crippen LogP) is 3.17. The second-order valence-electron chi connectivity index (χ2n) is 2.89. The number of ether oxygens (including phenoxy) is 1. The van der Waals surface area contributed by atoms with Gasteiger partial charge in [-0.2, -0.15) is 0 Å². The zero-order valence-electron chi connectivity index (χ0n) is 7.78. The average Bonchev–Trinajstić information content (AvgIpc) is 2.46. The molecule has 0 atom stereocenters. The first kappa shape index (κ1) is 9.68. The highest BCUT2D eigenvalue weighted by molar-refractivity contribution is 7.80. The fourth-order valence-electron chi connectivity index (χ4n) is 1.37. The van der Waals surface area contributed by atoms with Gasteiger partial charge in [0.1, 0.15) is 0 Å². The van der Waals surface area contributed by atoms with Crippen LogP contribution in [0.2, 0.25) is 0 Å². The van der Waals surface area contributed by atoms with Gasteiger partial charge in [0.2, 0.25) is 0 Å². The lowest BCUT2D eigenvalue weighted by Crippen LogP contribution is -1.92. The number of hydrogen-bond donors (Lipinski definition) is 2. The fourth-order valence-corrected chi connectivity index (χ4v) is 2.83. The van der Waals surface area contributed by atoms with E-state index in [2.05, 4.69) is 12.6 Å². The van der Waals surface area contributed by atoms with Crippen LogP contribution in [0, 0.1) is 0 Å². The Morgan fingerprint density at radius 1 is 1.50 bits per heavy atom. The summed E-state index contributed by atoms with van der Waals surface area (Å²) in [6, 6.07) is 5.93. The maximum atomic E-state index is 5.96. The van der Waals surface area contributed by atoms with Gasteiger partial charge in [0.05, 0.1) is 12.3 Å². The number of thiophene rings is 1. The summed E-state index contributed by atoms with van der Waals surface area (Å²) in [6.45, 7) is 2.59. The van der Waals surface area contributed by atoms with Crippen molar-refractivity contribution in [3.8, 4) is 5.06 Å². The monoisotopic (exact) mass is 225 g/mol. The summed E-state index contributed by atoms with van der Waals surface area (Å²) in [4.78, 5) is 0.905. The molecule has 74 valence electrons. The lowest BCUT2D eigenvalue weighted by molar-refractivity contribution is 0.352. The summed E-state index contributed by atoms with van der Waals surface area (Å²) in [5.74, 6) is 0. The van der Waals surface area contributed by atoms with Gasteiger partial charge in [0.15, 0.2) is 5.06 Å². The minimum absolute atomic E-state index is 0.638. The van der Waals surface area contributed by atoms with Gasteiger partial charge < -0.3 is 10.5 Å². The Morgan fingerprint density at radius 3 is 2.93 bits per heavy atom. The fraction of sp³-hybridized carbons (Fsp3) is 0.200. The molecule has 0 bridgehead atoms. The number of nitrogen functional groups attached to an aromatic ring is 1. The molecule has 0 amide bonds. The molecule has 0 radical (unpaired) electrons. The van der Waals surface area contributed by atoms with Crippen molar-refractivity contribution in [2.24, 2.45) is 0 Å². The molecule has 0 fully saturated rings. The molecule has 0 saturated heterocycles. The summed E-state index contributed by atoms with van der Waals surface area (Å²) in [5, 5.41) is 1.80. The van der Waals surface area contributed by atoms with Crippen LogP contribution in [0.25, 0.3) is 10.1 Å². The number of nitrogens with two attached hydrogens (primary N) is 1. The number of benzene rings is 1. The van der Waals surface area contributed by atoms with Crippen LogP contribution in [-0.2, 0) is 0 Å². The van der Waals surface area contributed by atoms with E-state index in [1.54, 1.807) is 11.3 Å². The third-order valence-electron chi connectivity index (χ3n) is 1.97. The number of hydrogen-bond acceptors (Lipinski definition) is 4. The molecule has 2 rings (SSSR count). The number of rotatable bonds is 2. The molecule has 0 unspecified atom stereocenters. The summed E-state index contributed by atoms with van der Waals surface area (Å²) in [5.41, 5.74) is 6.67. The molecule has 1 aromatic carbocycles. The summed E-state index contributed by atoms with van der Waals surface area (Å²) < 4.78 is 6.56. The van der Waals surface area contributed by atoms with E-state index >= 15 is 0 Å². The Bertz CT molecular complexity index is 464. The van der Waals surface area contributed by atoms with Gasteiger partial charge in [-0.3, -0.25) is 0 Å². The smallest absolute Gasteiger partial charge is 0.198 e. The number of thiol groups is 1. The number of anilines is 1. The van der Waals surface area contributed by atoms with E-state index in [0.717, 1.165) is 20.0 Å². The Labute approximate surface area is 92.1 Å². The van der Waals surface area contributed by atoms with E-state index in [4.69, 9.17) is 10.5 Å². The lowest BCUT2D eigenvalue weighted by Gasteiger charge is -1.99. The molecular weight excluding hydrogens is 214 g/mol. The molecular formula is C10H11NOS2. The van der Waals surface area contributed by atoms with Gasteiger partial charge in [-0.25, -0.2) is 0 Å². The first-order chi connectivity index (χ1) is 6.74. The van der Waals surface area contributed by atoms with Crippen LogP contribution in [0.5, 0.6) is 5.06 Å². The lowest BCUT2D eigenvalue weighted by atomic mass is 10.2. The van der Waals surface area contributed by atoms with Gasteiger partial charge >= 0.3 is 0 Å². The highest BCUT2D eigenvalue weighted by Crippen LogP contribution is 2.42. The van der Waals surface area contributed by atoms with Gasteiger partial charge in [-0.05, 0) is 19.1 Å².